The summed E-state index contributed by atoms with van der Waals surface area (Å²) < 4.78 is 3.88. The molecule has 0 bridgehead atoms. The molecule has 0 aliphatic rings. The molecule has 0 aliphatic heterocycles. The first kappa shape index (κ1) is 13.1. The van der Waals surface area contributed by atoms with Crippen molar-refractivity contribution in [2.24, 2.45) is 7.05 Å². The van der Waals surface area contributed by atoms with Gasteiger partial charge in [-0.25, -0.2) is 9.97 Å². The highest BCUT2D eigenvalue weighted by Crippen LogP contribution is 2.29. The summed E-state index contributed by atoms with van der Waals surface area (Å²) in [5.41, 5.74) is 9.02. The van der Waals surface area contributed by atoms with Gasteiger partial charge in [0.25, 0.3) is 0 Å². The molecule has 3 heterocycles. The van der Waals surface area contributed by atoms with E-state index in [0.717, 1.165) is 34.7 Å². The van der Waals surface area contributed by atoms with Crippen LogP contribution < -0.4 is 5.73 Å². The van der Waals surface area contributed by atoms with Gasteiger partial charge in [0, 0.05) is 18.6 Å². The smallest absolute Gasteiger partial charge is 0.203 e. The van der Waals surface area contributed by atoms with Crippen LogP contribution in [0.1, 0.15) is 37.0 Å². The Labute approximate surface area is 121 Å². The van der Waals surface area contributed by atoms with Crippen molar-refractivity contribution < 1.29 is 0 Å². The third-order valence-corrected chi connectivity index (χ3v) is 4.39. The molecule has 0 radical (unpaired) electrons. The maximum atomic E-state index is 6.13. The summed E-state index contributed by atoms with van der Waals surface area (Å²) in [7, 11) is 1.94. The molecule has 0 fully saturated rings. The Hall–Kier alpha value is -1.89. The number of nitrogens with two attached hydrogens (primary N) is 1. The molecular formula is C13H18N6S. The number of hydrogen-bond donors (Lipinski definition) is 1. The summed E-state index contributed by atoms with van der Waals surface area (Å²) >= 11 is 1.62. The molecule has 0 amide bonds. The minimum absolute atomic E-state index is 0.0601. The maximum absolute atomic E-state index is 6.13. The number of hydrogen-bond acceptors (Lipinski definition) is 5. The van der Waals surface area contributed by atoms with E-state index >= 15 is 0 Å². The zero-order valence-corrected chi connectivity index (χ0v) is 12.7. The standard InChI is InChI=1S/C13H18N6S/c1-4-5-9-10-12(18(3)17-9)19(13(14)16-10)8(2)11-15-6-7-20-11/h6-8H,4-5H2,1-3H3,(H2,14,16). The van der Waals surface area contributed by atoms with E-state index in [9.17, 15) is 0 Å². The summed E-state index contributed by atoms with van der Waals surface area (Å²) in [6.07, 6.45) is 3.77. The fourth-order valence-corrected chi connectivity index (χ4v) is 3.24. The number of nitrogen functional groups attached to an aromatic ring is 1. The van der Waals surface area contributed by atoms with E-state index in [1.54, 1.807) is 11.3 Å². The second-order valence-electron chi connectivity index (χ2n) is 4.88. The average molecular weight is 290 g/mol. The van der Waals surface area contributed by atoms with Crippen LogP contribution >= 0.6 is 11.3 Å². The highest BCUT2D eigenvalue weighted by atomic mass is 32.1. The van der Waals surface area contributed by atoms with E-state index in [-0.39, 0.29) is 6.04 Å². The minimum Gasteiger partial charge on any atom is -0.369 e. The molecule has 7 heteroatoms. The van der Waals surface area contributed by atoms with Crippen LogP contribution in [0.25, 0.3) is 11.2 Å². The first-order valence-electron chi connectivity index (χ1n) is 6.72. The Kier molecular flexibility index (Phi) is 3.21. The zero-order chi connectivity index (χ0) is 14.3. The topological polar surface area (TPSA) is 74.6 Å². The van der Waals surface area contributed by atoms with E-state index in [1.807, 2.05) is 27.9 Å². The van der Waals surface area contributed by atoms with E-state index < -0.39 is 0 Å². The number of aryl methyl sites for hydroxylation is 2. The van der Waals surface area contributed by atoms with Crippen LogP contribution in [0.2, 0.25) is 0 Å². The molecular weight excluding hydrogens is 272 g/mol. The molecule has 1 atom stereocenters. The van der Waals surface area contributed by atoms with Crippen molar-refractivity contribution in [3.8, 4) is 0 Å². The molecule has 2 N–H and O–H groups in total. The number of nitrogens with zero attached hydrogens (tertiary/aromatic N) is 5. The molecule has 0 aromatic carbocycles. The van der Waals surface area contributed by atoms with Crippen LogP contribution in [0.5, 0.6) is 0 Å². The fourth-order valence-electron chi connectivity index (χ4n) is 2.56. The van der Waals surface area contributed by atoms with Gasteiger partial charge in [-0.2, -0.15) is 5.10 Å². The summed E-state index contributed by atoms with van der Waals surface area (Å²) in [6, 6.07) is 0.0601. The van der Waals surface area contributed by atoms with Gasteiger partial charge in [-0.1, -0.05) is 13.3 Å². The van der Waals surface area contributed by atoms with Crippen LogP contribution in [0, 0.1) is 0 Å². The number of thiazole rings is 1. The molecule has 3 aromatic heterocycles. The predicted octanol–water partition coefficient (Wildman–Crippen LogP) is 2.37. The van der Waals surface area contributed by atoms with Crippen LogP contribution in [0.15, 0.2) is 11.6 Å². The van der Waals surface area contributed by atoms with Gasteiger partial charge in [-0.3, -0.25) is 9.25 Å². The molecule has 0 saturated heterocycles. The van der Waals surface area contributed by atoms with Gasteiger partial charge in [0.2, 0.25) is 5.95 Å². The van der Waals surface area contributed by atoms with Crippen molar-refractivity contribution in [3.05, 3.63) is 22.3 Å². The SMILES string of the molecule is CCCc1nn(C)c2c1nc(N)n2C(C)c1nccs1. The fraction of sp³-hybridized carbons (Fsp3) is 0.462. The van der Waals surface area contributed by atoms with Gasteiger partial charge in [0.15, 0.2) is 5.65 Å². The number of aromatic nitrogens is 5. The van der Waals surface area contributed by atoms with Gasteiger partial charge in [-0.15, -0.1) is 11.3 Å². The summed E-state index contributed by atoms with van der Waals surface area (Å²) in [4.78, 5) is 8.90. The lowest BCUT2D eigenvalue weighted by Gasteiger charge is -2.13. The second-order valence-corrected chi connectivity index (χ2v) is 5.80. The quantitative estimate of drug-likeness (QED) is 0.800. The number of fused-ring (bicyclic) bond motifs is 1. The first-order valence-corrected chi connectivity index (χ1v) is 7.60. The van der Waals surface area contributed by atoms with E-state index in [0.29, 0.717) is 5.95 Å². The monoisotopic (exact) mass is 290 g/mol. The highest BCUT2D eigenvalue weighted by molar-refractivity contribution is 7.09. The van der Waals surface area contributed by atoms with Crippen LogP contribution in [-0.4, -0.2) is 24.3 Å². The molecule has 0 spiro atoms. The number of rotatable bonds is 4. The van der Waals surface area contributed by atoms with E-state index in [1.165, 1.54) is 0 Å². The lowest BCUT2D eigenvalue weighted by Crippen LogP contribution is -2.12. The molecule has 6 nitrogen and oxygen atoms in total. The van der Waals surface area contributed by atoms with Crippen molar-refractivity contribution in [2.45, 2.75) is 32.7 Å². The highest BCUT2D eigenvalue weighted by Gasteiger charge is 2.22. The third-order valence-electron chi connectivity index (χ3n) is 3.45. The Morgan fingerprint density at radius 3 is 2.90 bits per heavy atom. The van der Waals surface area contributed by atoms with Crippen LogP contribution in [0.3, 0.4) is 0 Å². The van der Waals surface area contributed by atoms with Gasteiger partial charge in [0.05, 0.1) is 11.7 Å². The van der Waals surface area contributed by atoms with E-state index in [2.05, 4.69) is 28.9 Å². The van der Waals surface area contributed by atoms with Gasteiger partial charge in [0.1, 0.15) is 10.5 Å². The lowest BCUT2D eigenvalue weighted by molar-refractivity contribution is 0.630. The summed E-state index contributed by atoms with van der Waals surface area (Å²) in [6.45, 7) is 4.22. The summed E-state index contributed by atoms with van der Waals surface area (Å²) in [5.74, 6) is 0.521. The van der Waals surface area contributed by atoms with Crippen molar-refractivity contribution in [1.29, 1.82) is 0 Å². The molecule has 0 saturated carbocycles. The molecule has 0 aliphatic carbocycles. The van der Waals surface area contributed by atoms with Gasteiger partial charge >= 0.3 is 0 Å². The lowest BCUT2D eigenvalue weighted by atomic mass is 10.2. The largest absolute Gasteiger partial charge is 0.369 e. The predicted molar refractivity (Wildman–Crippen MR) is 80.8 cm³/mol. The van der Waals surface area contributed by atoms with Gasteiger partial charge in [-0.05, 0) is 13.3 Å². The van der Waals surface area contributed by atoms with Crippen molar-refractivity contribution in [1.82, 2.24) is 24.3 Å². The second kappa shape index (κ2) is 4.90. The Bertz CT molecular complexity index is 724. The van der Waals surface area contributed by atoms with Crippen molar-refractivity contribution >= 4 is 28.4 Å². The Morgan fingerprint density at radius 2 is 2.25 bits per heavy atom. The number of imidazole rings is 1. The van der Waals surface area contributed by atoms with Crippen molar-refractivity contribution in [2.75, 3.05) is 5.73 Å². The van der Waals surface area contributed by atoms with Crippen molar-refractivity contribution in [3.63, 3.8) is 0 Å². The normalized spacial score (nSPS) is 13.2. The molecule has 3 rings (SSSR count). The first-order chi connectivity index (χ1) is 9.63. The molecule has 20 heavy (non-hydrogen) atoms. The molecule has 3 aromatic rings. The van der Waals surface area contributed by atoms with Crippen LogP contribution in [0.4, 0.5) is 5.95 Å². The third kappa shape index (κ3) is 1.89. The average Bonchev–Trinajstić information content (AvgIpc) is 3.09. The molecule has 1 unspecified atom stereocenters. The number of anilines is 1. The molecule has 106 valence electrons. The van der Waals surface area contributed by atoms with Gasteiger partial charge < -0.3 is 5.73 Å². The Balaban J connectivity index is 2.18. The van der Waals surface area contributed by atoms with E-state index in [4.69, 9.17) is 5.73 Å². The summed E-state index contributed by atoms with van der Waals surface area (Å²) in [5, 5.41) is 7.56. The van der Waals surface area contributed by atoms with Crippen LogP contribution in [-0.2, 0) is 13.5 Å². The zero-order valence-electron chi connectivity index (χ0n) is 11.9. The minimum atomic E-state index is 0.0601. The maximum Gasteiger partial charge on any atom is 0.203 e. The Morgan fingerprint density at radius 1 is 1.45 bits per heavy atom.